The second kappa shape index (κ2) is 8.16. The molecular formula is C22H23N5O2S. The molecule has 2 heterocycles. The highest BCUT2D eigenvalue weighted by atomic mass is 32.1. The molecule has 0 amide bonds. The van der Waals surface area contributed by atoms with Gasteiger partial charge in [-0.05, 0) is 61.1 Å². The van der Waals surface area contributed by atoms with Gasteiger partial charge in [0.2, 0.25) is 5.82 Å². The van der Waals surface area contributed by atoms with Gasteiger partial charge in [0, 0.05) is 31.0 Å². The van der Waals surface area contributed by atoms with Gasteiger partial charge in [0.15, 0.2) is 5.11 Å². The third-order valence-electron chi connectivity index (χ3n) is 5.02. The van der Waals surface area contributed by atoms with Crippen LogP contribution in [0.25, 0.3) is 17.0 Å². The molecule has 30 heavy (non-hydrogen) atoms. The zero-order valence-corrected chi connectivity index (χ0v) is 18.1. The van der Waals surface area contributed by atoms with Gasteiger partial charge in [-0.3, -0.25) is 0 Å². The van der Waals surface area contributed by atoms with Crippen LogP contribution in [-0.4, -0.2) is 36.5 Å². The van der Waals surface area contributed by atoms with Crippen LogP contribution in [0.2, 0.25) is 0 Å². The van der Waals surface area contributed by atoms with E-state index in [0.717, 1.165) is 33.8 Å². The minimum Gasteiger partial charge on any atom is -0.497 e. The maximum absolute atomic E-state index is 5.65. The maximum atomic E-state index is 5.65. The monoisotopic (exact) mass is 421 g/mol. The molecule has 0 saturated carbocycles. The standard InChI is InChI=1S/C22H23N5O2S/c1-13-18(21-25-20(26-29-21)15-7-11-17(28-4)12-8-15)19(24-22(30)23-13)14-5-9-16(10-6-14)27(2)3/h5-12,19H,1-4H3,(H2,23,24,30)/t19-/m1/s1. The lowest BCUT2D eigenvalue weighted by atomic mass is 9.95. The molecule has 8 heteroatoms. The first-order chi connectivity index (χ1) is 14.5. The van der Waals surface area contributed by atoms with Gasteiger partial charge >= 0.3 is 0 Å². The Labute approximate surface area is 180 Å². The van der Waals surface area contributed by atoms with Crippen molar-refractivity contribution in [2.24, 2.45) is 0 Å². The van der Waals surface area contributed by atoms with Gasteiger partial charge in [-0.25, -0.2) is 0 Å². The third-order valence-corrected chi connectivity index (χ3v) is 5.24. The molecule has 7 nitrogen and oxygen atoms in total. The normalized spacial score (nSPS) is 16.1. The molecule has 1 aliphatic rings. The highest BCUT2D eigenvalue weighted by molar-refractivity contribution is 7.80. The SMILES string of the molecule is COc1ccc(-c2noc(C3=C(C)NC(=S)N[C@@H]3c3ccc(N(C)C)cc3)n2)cc1. The predicted molar refractivity (Wildman–Crippen MR) is 121 cm³/mol. The Balaban J connectivity index is 1.70. The van der Waals surface area contributed by atoms with Crippen LogP contribution in [0.3, 0.4) is 0 Å². The summed E-state index contributed by atoms with van der Waals surface area (Å²) in [6.45, 7) is 1.96. The van der Waals surface area contributed by atoms with Crippen molar-refractivity contribution >= 4 is 28.6 Å². The van der Waals surface area contributed by atoms with E-state index in [9.17, 15) is 0 Å². The van der Waals surface area contributed by atoms with E-state index in [1.54, 1.807) is 7.11 Å². The van der Waals surface area contributed by atoms with Crippen LogP contribution in [0, 0.1) is 0 Å². The molecule has 4 rings (SSSR count). The number of anilines is 1. The Kier molecular flexibility index (Phi) is 5.41. The fourth-order valence-electron chi connectivity index (χ4n) is 3.38. The van der Waals surface area contributed by atoms with Gasteiger partial charge in [0.05, 0.1) is 18.7 Å². The van der Waals surface area contributed by atoms with Crippen LogP contribution < -0.4 is 20.3 Å². The largest absolute Gasteiger partial charge is 0.497 e. The Hall–Kier alpha value is -3.39. The number of nitrogens with one attached hydrogen (secondary N) is 2. The summed E-state index contributed by atoms with van der Waals surface area (Å²) >= 11 is 5.39. The van der Waals surface area contributed by atoms with Crippen molar-refractivity contribution in [2.45, 2.75) is 13.0 Å². The zero-order valence-electron chi connectivity index (χ0n) is 17.3. The second-order valence-electron chi connectivity index (χ2n) is 7.21. The summed E-state index contributed by atoms with van der Waals surface area (Å²) in [7, 11) is 5.67. The third kappa shape index (κ3) is 3.86. The summed E-state index contributed by atoms with van der Waals surface area (Å²) in [4.78, 5) is 6.71. The molecule has 1 aliphatic heterocycles. The van der Waals surface area contributed by atoms with Crippen molar-refractivity contribution in [2.75, 3.05) is 26.1 Å². The average Bonchev–Trinajstić information content (AvgIpc) is 3.23. The van der Waals surface area contributed by atoms with Crippen molar-refractivity contribution in [1.82, 2.24) is 20.8 Å². The molecule has 0 spiro atoms. The van der Waals surface area contributed by atoms with Crippen molar-refractivity contribution in [3.05, 3.63) is 65.7 Å². The van der Waals surface area contributed by atoms with Gasteiger partial charge in [-0.1, -0.05) is 17.3 Å². The average molecular weight is 422 g/mol. The van der Waals surface area contributed by atoms with Crippen LogP contribution in [0.4, 0.5) is 5.69 Å². The number of methoxy groups -OCH3 is 1. The summed E-state index contributed by atoms with van der Waals surface area (Å²) in [5, 5.41) is 11.2. The topological polar surface area (TPSA) is 75.5 Å². The lowest BCUT2D eigenvalue weighted by Crippen LogP contribution is -2.42. The molecule has 0 bridgehead atoms. The number of nitrogens with zero attached hydrogens (tertiary/aromatic N) is 3. The summed E-state index contributed by atoms with van der Waals surface area (Å²) in [5.41, 5.74) is 4.78. The van der Waals surface area contributed by atoms with Crippen molar-refractivity contribution < 1.29 is 9.26 Å². The molecule has 2 aromatic carbocycles. The van der Waals surface area contributed by atoms with E-state index in [1.807, 2.05) is 45.3 Å². The number of ether oxygens (including phenoxy) is 1. The molecule has 0 radical (unpaired) electrons. The zero-order chi connectivity index (χ0) is 21.3. The summed E-state index contributed by atoms with van der Waals surface area (Å²) < 4.78 is 10.9. The lowest BCUT2D eigenvalue weighted by Gasteiger charge is -2.29. The lowest BCUT2D eigenvalue weighted by molar-refractivity contribution is 0.403. The number of benzene rings is 2. The van der Waals surface area contributed by atoms with Gasteiger partial charge in [0.1, 0.15) is 5.75 Å². The molecule has 154 valence electrons. The number of aromatic nitrogens is 2. The molecule has 2 N–H and O–H groups in total. The van der Waals surface area contributed by atoms with E-state index in [2.05, 4.69) is 49.9 Å². The van der Waals surface area contributed by atoms with Crippen molar-refractivity contribution in [1.29, 1.82) is 0 Å². The second-order valence-corrected chi connectivity index (χ2v) is 7.62. The molecule has 0 unspecified atom stereocenters. The Bertz CT molecular complexity index is 1090. The van der Waals surface area contributed by atoms with Crippen LogP contribution in [0.1, 0.15) is 24.4 Å². The number of hydrogen-bond acceptors (Lipinski definition) is 6. The Morgan fingerprint density at radius 1 is 1.07 bits per heavy atom. The highest BCUT2D eigenvalue weighted by Crippen LogP contribution is 2.35. The smallest absolute Gasteiger partial charge is 0.258 e. The van der Waals surface area contributed by atoms with E-state index in [0.29, 0.717) is 16.8 Å². The molecule has 0 saturated heterocycles. The maximum Gasteiger partial charge on any atom is 0.258 e. The van der Waals surface area contributed by atoms with Gasteiger partial charge < -0.3 is 24.8 Å². The number of allylic oxidation sites excluding steroid dienone is 1. The van der Waals surface area contributed by atoms with Gasteiger partial charge in [0.25, 0.3) is 5.89 Å². The molecule has 0 fully saturated rings. The first kappa shape index (κ1) is 19.9. The van der Waals surface area contributed by atoms with E-state index >= 15 is 0 Å². The molecular weight excluding hydrogens is 398 g/mol. The Morgan fingerprint density at radius 2 is 1.77 bits per heavy atom. The van der Waals surface area contributed by atoms with Crippen molar-refractivity contribution in [3.63, 3.8) is 0 Å². The fraction of sp³-hybridized carbons (Fsp3) is 0.227. The minimum atomic E-state index is -0.195. The summed E-state index contributed by atoms with van der Waals surface area (Å²) in [6.07, 6.45) is 0. The van der Waals surface area contributed by atoms with Crippen LogP contribution in [-0.2, 0) is 0 Å². The quantitative estimate of drug-likeness (QED) is 0.603. The fourth-order valence-corrected chi connectivity index (χ4v) is 3.65. The first-order valence-electron chi connectivity index (χ1n) is 9.50. The van der Waals surface area contributed by atoms with E-state index < -0.39 is 0 Å². The first-order valence-corrected chi connectivity index (χ1v) is 9.91. The summed E-state index contributed by atoms with van der Waals surface area (Å²) in [6, 6.07) is 15.7. The molecule has 1 aromatic heterocycles. The van der Waals surface area contributed by atoms with Gasteiger partial charge in [-0.2, -0.15) is 4.98 Å². The number of hydrogen-bond donors (Lipinski definition) is 2. The predicted octanol–water partition coefficient (Wildman–Crippen LogP) is 3.76. The minimum absolute atomic E-state index is 0.195. The van der Waals surface area contributed by atoms with E-state index in [1.165, 1.54) is 0 Å². The molecule has 3 aromatic rings. The summed E-state index contributed by atoms with van der Waals surface area (Å²) in [5.74, 6) is 1.74. The van der Waals surface area contributed by atoms with Crippen molar-refractivity contribution in [3.8, 4) is 17.1 Å². The van der Waals surface area contributed by atoms with E-state index in [-0.39, 0.29) is 6.04 Å². The van der Waals surface area contributed by atoms with Gasteiger partial charge in [-0.15, -0.1) is 0 Å². The van der Waals surface area contributed by atoms with E-state index in [4.69, 9.17) is 21.5 Å². The Morgan fingerprint density at radius 3 is 2.40 bits per heavy atom. The number of thiocarbonyl (C=S) groups is 1. The van der Waals surface area contributed by atoms with Crippen LogP contribution >= 0.6 is 12.2 Å². The van der Waals surface area contributed by atoms with Crippen LogP contribution in [0.15, 0.2) is 58.8 Å². The number of rotatable bonds is 5. The molecule has 1 atom stereocenters. The highest BCUT2D eigenvalue weighted by Gasteiger charge is 2.30. The van der Waals surface area contributed by atoms with Crippen LogP contribution in [0.5, 0.6) is 5.75 Å². The molecule has 0 aliphatic carbocycles.